The average Bonchev–Trinajstić information content (AvgIpc) is 2.12. The van der Waals surface area contributed by atoms with Crippen molar-refractivity contribution < 1.29 is 4.74 Å². The Morgan fingerprint density at radius 1 is 1.42 bits per heavy atom. The maximum absolute atomic E-state index is 6.01. The lowest BCUT2D eigenvalue weighted by molar-refractivity contribution is 0.207. The fourth-order valence-corrected chi connectivity index (χ4v) is 1.52. The zero-order valence-corrected chi connectivity index (χ0v) is 7.16. The van der Waals surface area contributed by atoms with E-state index in [4.69, 9.17) is 10.5 Å². The topological polar surface area (TPSA) is 35.2 Å². The summed E-state index contributed by atoms with van der Waals surface area (Å²) < 4.78 is 5.53. The Bertz CT molecular complexity index is 285. The third-order valence-electron chi connectivity index (χ3n) is 2.39. The lowest BCUT2D eigenvalue weighted by Gasteiger charge is -2.28. The minimum Gasteiger partial charge on any atom is -0.493 e. The largest absolute Gasteiger partial charge is 0.493 e. The van der Waals surface area contributed by atoms with Crippen LogP contribution in [0.15, 0.2) is 24.3 Å². The Balaban J connectivity index is 2.42. The summed E-state index contributed by atoms with van der Waals surface area (Å²) in [5.41, 5.74) is 7.15. The van der Waals surface area contributed by atoms with Gasteiger partial charge < -0.3 is 10.5 Å². The van der Waals surface area contributed by atoms with Gasteiger partial charge in [0, 0.05) is 17.5 Å². The first-order chi connectivity index (χ1) is 5.79. The van der Waals surface area contributed by atoms with E-state index in [1.807, 2.05) is 24.3 Å². The number of benzene rings is 1. The van der Waals surface area contributed by atoms with Gasteiger partial charge in [0.25, 0.3) is 0 Å². The SMILES string of the molecule is C[C@@H]1COc2ccccc2[C@@H]1N. The van der Waals surface area contributed by atoms with Gasteiger partial charge in [0.05, 0.1) is 6.61 Å². The molecule has 1 aliphatic heterocycles. The molecule has 64 valence electrons. The number of rotatable bonds is 0. The van der Waals surface area contributed by atoms with E-state index in [9.17, 15) is 0 Å². The molecule has 1 aromatic rings. The predicted octanol–water partition coefficient (Wildman–Crippen LogP) is 1.71. The highest BCUT2D eigenvalue weighted by Gasteiger charge is 2.23. The molecule has 0 aliphatic carbocycles. The lowest BCUT2D eigenvalue weighted by atomic mass is 9.93. The molecule has 1 heterocycles. The smallest absolute Gasteiger partial charge is 0.124 e. The highest BCUT2D eigenvalue weighted by atomic mass is 16.5. The van der Waals surface area contributed by atoms with Crippen LogP contribution in [0.5, 0.6) is 5.75 Å². The van der Waals surface area contributed by atoms with Crippen LogP contribution in [0.2, 0.25) is 0 Å². The van der Waals surface area contributed by atoms with Crippen molar-refractivity contribution in [2.24, 2.45) is 11.7 Å². The van der Waals surface area contributed by atoms with E-state index < -0.39 is 0 Å². The molecule has 2 N–H and O–H groups in total. The van der Waals surface area contributed by atoms with Crippen molar-refractivity contribution in [2.75, 3.05) is 6.61 Å². The number of hydrogen-bond donors (Lipinski definition) is 1. The van der Waals surface area contributed by atoms with Crippen molar-refractivity contribution in [3.05, 3.63) is 29.8 Å². The maximum atomic E-state index is 6.01. The zero-order chi connectivity index (χ0) is 8.55. The van der Waals surface area contributed by atoms with Crippen molar-refractivity contribution in [1.82, 2.24) is 0 Å². The van der Waals surface area contributed by atoms with Crippen molar-refractivity contribution >= 4 is 0 Å². The minimum atomic E-state index is 0.134. The van der Waals surface area contributed by atoms with E-state index in [2.05, 4.69) is 6.92 Å². The summed E-state index contributed by atoms with van der Waals surface area (Å²) in [6.45, 7) is 2.85. The molecule has 1 aliphatic rings. The van der Waals surface area contributed by atoms with Gasteiger partial charge in [0.2, 0.25) is 0 Å². The molecule has 0 unspecified atom stereocenters. The molecule has 1 aromatic carbocycles. The van der Waals surface area contributed by atoms with E-state index in [1.54, 1.807) is 0 Å². The third kappa shape index (κ3) is 1.08. The molecule has 0 bridgehead atoms. The van der Waals surface area contributed by atoms with Crippen molar-refractivity contribution in [3.8, 4) is 5.75 Å². The van der Waals surface area contributed by atoms with Gasteiger partial charge in [-0.05, 0) is 6.07 Å². The van der Waals surface area contributed by atoms with Crippen LogP contribution in [0.25, 0.3) is 0 Å². The molecule has 0 fully saturated rings. The molecular weight excluding hydrogens is 150 g/mol. The maximum Gasteiger partial charge on any atom is 0.124 e. The van der Waals surface area contributed by atoms with Gasteiger partial charge in [-0.3, -0.25) is 0 Å². The van der Waals surface area contributed by atoms with Crippen LogP contribution in [0, 0.1) is 5.92 Å². The molecule has 0 radical (unpaired) electrons. The van der Waals surface area contributed by atoms with Gasteiger partial charge in [-0.25, -0.2) is 0 Å². The van der Waals surface area contributed by atoms with Crippen molar-refractivity contribution in [2.45, 2.75) is 13.0 Å². The molecule has 0 saturated heterocycles. The molecule has 2 nitrogen and oxygen atoms in total. The second-order valence-electron chi connectivity index (χ2n) is 3.35. The van der Waals surface area contributed by atoms with E-state index in [0.29, 0.717) is 5.92 Å². The Hall–Kier alpha value is -1.02. The normalized spacial score (nSPS) is 27.5. The fraction of sp³-hybridized carbons (Fsp3) is 0.400. The van der Waals surface area contributed by atoms with E-state index in [1.165, 1.54) is 0 Å². The first-order valence-electron chi connectivity index (χ1n) is 4.26. The number of para-hydroxylation sites is 1. The summed E-state index contributed by atoms with van der Waals surface area (Å²) >= 11 is 0. The van der Waals surface area contributed by atoms with Crippen LogP contribution in [-0.4, -0.2) is 6.61 Å². The van der Waals surface area contributed by atoms with E-state index in [-0.39, 0.29) is 6.04 Å². The monoisotopic (exact) mass is 163 g/mol. The summed E-state index contributed by atoms with van der Waals surface area (Å²) in [4.78, 5) is 0. The summed E-state index contributed by atoms with van der Waals surface area (Å²) in [7, 11) is 0. The quantitative estimate of drug-likeness (QED) is 0.632. The van der Waals surface area contributed by atoms with Crippen molar-refractivity contribution in [3.63, 3.8) is 0 Å². The minimum absolute atomic E-state index is 0.134. The second kappa shape index (κ2) is 2.79. The van der Waals surface area contributed by atoms with Crippen LogP contribution in [0.4, 0.5) is 0 Å². The highest BCUT2D eigenvalue weighted by molar-refractivity contribution is 5.37. The molecule has 2 rings (SSSR count). The first-order valence-corrected chi connectivity index (χ1v) is 4.26. The molecular formula is C10H13NO. The number of hydrogen-bond acceptors (Lipinski definition) is 2. The summed E-state index contributed by atoms with van der Waals surface area (Å²) in [6.07, 6.45) is 0. The number of ether oxygens (including phenoxy) is 1. The molecule has 0 aromatic heterocycles. The molecule has 2 heteroatoms. The third-order valence-corrected chi connectivity index (χ3v) is 2.39. The fourth-order valence-electron chi connectivity index (χ4n) is 1.52. The van der Waals surface area contributed by atoms with Crippen LogP contribution >= 0.6 is 0 Å². The Kier molecular flexibility index (Phi) is 1.77. The summed E-state index contributed by atoms with van der Waals surface area (Å²) in [6, 6.07) is 8.12. The lowest BCUT2D eigenvalue weighted by Crippen LogP contribution is -2.29. The molecule has 0 amide bonds. The van der Waals surface area contributed by atoms with Crippen LogP contribution < -0.4 is 10.5 Å². The van der Waals surface area contributed by atoms with Crippen LogP contribution in [-0.2, 0) is 0 Å². The first kappa shape index (κ1) is 7.62. The average molecular weight is 163 g/mol. The Morgan fingerprint density at radius 2 is 2.17 bits per heavy atom. The zero-order valence-electron chi connectivity index (χ0n) is 7.16. The molecule has 0 saturated carbocycles. The van der Waals surface area contributed by atoms with E-state index in [0.717, 1.165) is 17.9 Å². The molecule has 2 atom stereocenters. The highest BCUT2D eigenvalue weighted by Crippen LogP contribution is 2.32. The van der Waals surface area contributed by atoms with E-state index >= 15 is 0 Å². The molecule has 12 heavy (non-hydrogen) atoms. The number of nitrogens with two attached hydrogens (primary N) is 1. The number of fused-ring (bicyclic) bond motifs is 1. The van der Waals surface area contributed by atoms with Gasteiger partial charge in [-0.2, -0.15) is 0 Å². The Morgan fingerprint density at radius 3 is 3.00 bits per heavy atom. The van der Waals surface area contributed by atoms with Crippen LogP contribution in [0.1, 0.15) is 18.5 Å². The van der Waals surface area contributed by atoms with Gasteiger partial charge in [-0.1, -0.05) is 25.1 Å². The van der Waals surface area contributed by atoms with Gasteiger partial charge in [0.15, 0.2) is 0 Å². The van der Waals surface area contributed by atoms with Crippen LogP contribution in [0.3, 0.4) is 0 Å². The van der Waals surface area contributed by atoms with Gasteiger partial charge in [0.1, 0.15) is 5.75 Å². The predicted molar refractivity (Wildman–Crippen MR) is 48.0 cm³/mol. The van der Waals surface area contributed by atoms with Gasteiger partial charge in [-0.15, -0.1) is 0 Å². The summed E-state index contributed by atoms with van der Waals surface area (Å²) in [5.74, 6) is 1.36. The Labute approximate surface area is 72.3 Å². The van der Waals surface area contributed by atoms with Crippen molar-refractivity contribution in [1.29, 1.82) is 0 Å². The van der Waals surface area contributed by atoms with Gasteiger partial charge >= 0.3 is 0 Å². The standard InChI is InChI=1S/C10H13NO/c1-7-6-12-9-5-3-2-4-8(9)10(7)11/h2-5,7,10H,6,11H2,1H3/t7-,10-/m1/s1. The summed E-state index contributed by atoms with van der Waals surface area (Å²) in [5, 5.41) is 0. The molecule has 0 spiro atoms. The second-order valence-corrected chi connectivity index (χ2v) is 3.35.